The summed E-state index contributed by atoms with van der Waals surface area (Å²) in [6.07, 6.45) is 4.40. The van der Waals surface area contributed by atoms with Gasteiger partial charge in [-0.3, -0.25) is 14.5 Å². The van der Waals surface area contributed by atoms with Gasteiger partial charge in [0.2, 0.25) is 11.8 Å². The topological polar surface area (TPSA) is 67.6 Å². The van der Waals surface area contributed by atoms with Crippen molar-refractivity contribution >= 4 is 11.8 Å². The Balaban J connectivity index is 1.64. The number of hydrogen-bond donors (Lipinski definition) is 0. The van der Waals surface area contributed by atoms with Crippen molar-refractivity contribution in [1.29, 1.82) is 5.26 Å². The fourth-order valence-corrected chi connectivity index (χ4v) is 6.85. The molecule has 0 bridgehead atoms. The quantitative estimate of drug-likeness (QED) is 0.475. The molecule has 8 heteroatoms. The van der Waals surface area contributed by atoms with Gasteiger partial charge in [0, 0.05) is 55.0 Å². The first-order valence-electron chi connectivity index (χ1n) is 14.8. The second-order valence-electron chi connectivity index (χ2n) is 14.4. The van der Waals surface area contributed by atoms with Crippen LogP contribution < -0.4 is 0 Å². The molecular formula is C32H46F2N4O2. The molecule has 1 aromatic carbocycles. The van der Waals surface area contributed by atoms with Gasteiger partial charge in [-0.2, -0.15) is 5.26 Å². The second kappa shape index (κ2) is 11.4. The number of nitriles is 1. The molecule has 4 rings (SSSR count). The van der Waals surface area contributed by atoms with E-state index < -0.39 is 34.9 Å². The fourth-order valence-electron chi connectivity index (χ4n) is 6.85. The van der Waals surface area contributed by atoms with Crippen molar-refractivity contribution in [3.05, 3.63) is 35.4 Å². The molecule has 1 saturated carbocycles. The third-order valence-corrected chi connectivity index (χ3v) is 9.31. The van der Waals surface area contributed by atoms with Gasteiger partial charge >= 0.3 is 0 Å². The zero-order valence-corrected chi connectivity index (χ0v) is 25.2. The lowest BCUT2D eigenvalue weighted by atomic mass is 9.84. The molecule has 2 saturated heterocycles. The van der Waals surface area contributed by atoms with Gasteiger partial charge in [-0.1, -0.05) is 33.8 Å². The monoisotopic (exact) mass is 556 g/mol. The molecule has 40 heavy (non-hydrogen) atoms. The van der Waals surface area contributed by atoms with Crippen LogP contribution in [0.4, 0.5) is 8.78 Å². The highest BCUT2D eigenvalue weighted by Crippen LogP contribution is 2.41. The summed E-state index contributed by atoms with van der Waals surface area (Å²) < 4.78 is 28.8. The summed E-state index contributed by atoms with van der Waals surface area (Å²) in [7, 11) is 0. The summed E-state index contributed by atoms with van der Waals surface area (Å²) in [5.74, 6) is -1.82. The molecule has 1 unspecified atom stereocenters. The van der Waals surface area contributed by atoms with E-state index >= 15 is 4.39 Å². The number of likely N-dealkylation sites (tertiary alicyclic amines) is 2. The van der Waals surface area contributed by atoms with Crippen LogP contribution >= 0.6 is 0 Å². The van der Waals surface area contributed by atoms with Gasteiger partial charge in [0.25, 0.3) is 0 Å². The molecule has 220 valence electrons. The van der Waals surface area contributed by atoms with E-state index in [1.54, 1.807) is 4.90 Å². The molecule has 1 aliphatic carbocycles. The molecule has 0 spiro atoms. The maximum Gasteiger partial charge on any atom is 0.228 e. The van der Waals surface area contributed by atoms with Crippen LogP contribution in [0.3, 0.4) is 0 Å². The largest absolute Gasteiger partial charge is 0.334 e. The molecule has 0 radical (unpaired) electrons. The number of rotatable bonds is 4. The number of halogens is 2. The molecule has 3 aliphatic rings. The van der Waals surface area contributed by atoms with Gasteiger partial charge in [0.15, 0.2) is 0 Å². The van der Waals surface area contributed by atoms with Crippen LogP contribution in [0.5, 0.6) is 0 Å². The van der Waals surface area contributed by atoms with E-state index in [2.05, 4.69) is 38.7 Å². The Morgan fingerprint density at radius 2 is 1.62 bits per heavy atom. The van der Waals surface area contributed by atoms with Crippen LogP contribution in [-0.4, -0.2) is 69.8 Å². The SMILES string of the molecule is CC1CCC(N(C(=O)C(C)(C)C)[C@H]2C[C@@H](C#N)N(C(=O)C3CN(C(C)(C)C)C[C@H]3c3ccc(F)cc3F)C2)CC1. The van der Waals surface area contributed by atoms with Gasteiger partial charge in [0.05, 0.1) is 18.0 Å². The lowest BCUT2D eigenvalue weighted by Crippen LogP contribution is -2.53. The molecule has 6 nitrogen and oxygen atoms in total. The first-order valence-corrected chi connectivity index (χ1v) is 14.8. The Morgan fingerprint density at radius 1 is 0.975 bits per heavy atom. The molecule has 2 amide bonds. The molecular weight excluding hydrogens is 510 g/mol. The minimum absolute atomic E-state index is 0.0640. The molecule has 3 fully saturated rings. The predicted octanol–water partition coefficient (Wildman–Crippen LogP) is 5.73. The number of amides is 2. The molecule has 0 aromatic heterocycles. The number of carbonyl (C=O) groups is 2. The maximum absolute atomic E-state index is 15.0. The lowest BCUT2D eigenvalue weighted by Gasteiger charge is -2.42. The van der Waals surface area contributed by atoms with E-state index in [-0.39, 0.29) is 29.4 Å². The van der Waals surface area contributed by atoms with Crippen molar-refractivity contribution in [3.63, 3.8) is 0 Å². The van der Waals surface area contributed by atoms with E-state index in [4.69, 9.17) is 0 Å². The standard InChI is InChI=1S/C32H46F2N4O2/c1-20-8-11-22(12-9-20)38(30(40)31(2,3)4)24-15-23(16-35)37(17-24)29(39)27-19-36(32(5,6)7)18-26(27)25-13-10-21(33)14-28(25)34/h10,13-14,20,22-24,26-27H,8-9,11-12,15,17-19H2,1-7H3/t20?,22?,23-,24-,26-,27?/m0/s1. The smallest absolute Gasteiger partial charge is 0.228 e. The van der Waals surface area contributed by atoms with Crippen LogP contribution in [0.25, 0.3) is 0 Å². The third kappa shape index (κ3) is 6.20. The number of benzene rings is 1. The zero-order chi connectivity index (χ0) is 29.6. The van der Waals surface area contributed by atoms with E-state index in [0.29, 0.717) is 37.5 Å². The fraction of sp³-hybridized carbons (Fsp3) is 0.719. The summed E-state index contributed by atoms with van der Waals surface area (Å²) in [4.78, 5) is 33.8. The highest BCUT2D eigenvalue weighted by molar-refractivity contribution is 5.84. The Kier molecular flexibility index (Phi) is 8.66. The normalized spacial score (nSPS) is 29.9. The first kappa shape index (κ1) is 30.4. The van der Waals surface area contributed by atoms with Crippen molar-refractivity contribution in [2.24, 2.45) is 17.3 Å². The number of hydrogen-bond acceptors (Lipinski definition) is 4. The number of nitrogens with zero attached hydrogens (tertiary/aromatic N) is 4. The first-order chi connectivity index (χ1) is 18.6. The molecule has 0 N–H and O–H groups in total. The van der Waals surface area contributed by atoms with Crippen molar-refractivity contribution in [2.45, 2.75) is 110 Å². The van der Waals surface area contributed by atoms with Crippen molar-refractivity contribution in [2.75, 3.05) is 19.6 Å². The van der Waals surface area contributed by atoms with Crippen LogP contribution in [-0.2, 0) is 9.59 Å². The summed E-state index contributed by atoms with van der Waals surface area (Å²) in [6.45, 7) is 15.4. The third-order valence-electron chi connectivity index (χ3n) is 9.31. The Bertz CT molecular complexity index is 1140. The van der Waals surface area contributed by atoms with Crippen molar-refractivity contribution in [1.82, 2.24) is 14.7 Å². The summed E-state index contributed by atoms with van der Waals surface area (Å²) >= 11 is 0. The average Bonchev–Trinajstić information content (AvgIpc) is 3.49. The van der Waals surface area contributed by atoms with Crippen LogP contribution in [0.1, 0.15) is 92.1 Å². The minimum Gasteiger partial charge on any atom is -0.334 e. The van der Waals surface area contributed by atoms with E-state index in [0.717, 1.165) is 31.7 Å². The molecule has 1 aromatic rings. The number of carbonyl (C=O) groups excluding carboxylic acids is 2. The Morgan fingerprint density at radius 3 is 2.17 bits per heavy atom. The van der Waals surface area contributed by atoms with Gasteiger partial charge in [-0.25, -0.2) is 8.78 Å². The molecule has 2 heterocycles. The predicted molar refractivity (Wildman–Crippen MR) is 151 cm³/mol. The van der Waals surface area contributed by atoms with Gasteiger partial charge < -0.3 is 9.80 Å². The Hall–Kier alpha value is -2.53. The van der Waals surface area contributed by atoms with E-state index in [9.17, 15) is 19.2 Å². The summed E-state index contributed by atoms with van der Waals surface area (Å²) in [5, 5.41) is 10.2. The molecule has 4 atom stereocenters. The van der Waals surface area contributed by atoms with Crippen LogP contribution in [0, 0.1) is 40.2 Å². The molecule has 2 aliphatic heterocycles. The average molecular weight is 557 g/mol. The highest BCUT2D eigenvalue weighted by Gasteiger charge is 2.49. The summed E-state index contributed by atoms with van der Waals surface area (Å²) in [6, 6.07) is 5.11. The van der Waals surface area contributed by atoms with E-state index in [1.165, 1.54) is 12.1 Å². The van der Waals surface area contributed by atoms with Crippen LogP contribution in [0.2, 0.25) is 0 Å². The van der Waals surface area contributed by atoms with Gasteiger partial charge in [-0.05, 0) is 64.0 Å². The highest BCUT2D eigenvalue weighted by atomic mass is 19.1. The maximum atomic E-state index is 15.0. The van der Waals surface area contributed by atoms with Crippen LogP contribution in [0.15, 0.2) is 18.2 Å². The Labute approximate surface area is 238 Å². The van der Waals surface area contributed by atoms with Crippen molar-refractivity contribution in [3.8, 4) is 6.07 Å². The van der Waals surface area contributed by atoms with Crippen molar-refractivity contribution < 1.29 is 18.4 Å². The second-order valence-corrected chi connectivity index (χ2v) is 14.4. The summed E-state index contributed by atoms with van der Waals surface area (Å²) in [5.41, 5.74) is -0.497. The van der Waals surface area contributed by atoms with Gasteiger partial charge in [0.1, 0.15) is 17.7 Å². The van der Waals surface area contributed by atoms with Gasteiger partial charge in [-0.15, -0.1) is 0 Å². The minimum atomic E-state index is -0.655. The van der Waals surface area contributed by atoms with E-state index in [1.807, 2.05) is 25.7 Å². The lowest BCUT2D eigenvalue weighted by molar-refractivity contribution is -0.146. The zero-order valence-electron chi connectivity index (χ0n) is 25.2.